The van der Waals surface area contributed by atoms with Gasteiger partial charge in [-0.2, -0.15) is 0 Å². The molecule has 1 aromatic carbocycles. The third kappa shape index (κ3) is 4.87. The SMILES string of the molecule is CCCN(CCC)C(=O)C(=O)N1CCN(c2ccc(OC)cc2)CC1. The minimum atomic E-state index is -0.365. The summed E-state index contributed by atoms with van der Waals surface area (Å²) in [6, 6.07) is 7.91. The van der Waals surface area contributed by atoms with Gasteiger partial charge in [0.1, 0.15) is 5.75 Å². The lowest BCUT2D eigenvalue weighted by Crippen LogP contribution is -2.53. The van der Waals surface area contributed by atoms with Crippen LogP contribution >= 0.6 is 0 Å². The second kappa shape index (κ2) is 9.30. The number of carbonyl (C=O) groups excluding carboxylic acids is 2. The van der Waals surface area contributed by atoms with Crippen LogP contribution in [0.15, 0.2) is 24.3 Å². The molecular weight excluding hydrogens is 318 g/mol. The van der Waals surface area contributed by atoms with E-state index in [0.29, 0.717) is 26.2 Å². The van der Waals surface area contributed by atoms with E-state index in [1.807, 2.05) is 38.1 Å². The first-order valence-corrected chi connectivity index (χ1v) is 9.07. The Hall–Kier alpha value is -2.24. The smallest absolute Gasteiger partial charge is 0.312 e. The summed E-state index contributed by atoms with van der Waals surface area (Å²) >= 11 is 0. The minimum Gasteiger partial charge on any atom is -0.497 e. The van der Waals surface area contributed by atoms with Gasteiger partial charge in [0, 0.05) is 45.0 Å². The lowest BCUT2D eigenvalue weighted by molar-refractivity contribution is -0.152. The zero-order valence-electron chi connectivity index (χ0n) is 15.5. The topological polar surface area (TPSA) is 53.1 Å². The highest BCUT2D eigenvalue weighted by Crippen LogP contribution is 2.20. The van der Waals surface area contributed by atoms with Gasteiger partial charge in [-0.05, 0) is 37.1 Å². The van der Waals surface area contributed by atoms with E-state index >= 15 is 0 Å². The van der Waals surface area contributed by atoms with E-state index in [1.165, 1.54) is 0 Å². The summed E-state index contributed by atoms with van der Waals surface area (Å²) in [5, 5.41) is 0. The third-order valence-corrected chi connectivity index (χ3v) is 4.46. The van der Waals surface area contributed by atoms with E-state index in [0.717, 1.165) is 37.4 Å². The molecule has 0 spiro atoms. The van der Waals surface area contributed by atoms with E-state index in [4.69, 9.17) is 4.74 Å². The molecule has 2 amide bonds. The predicted molar refractivity (Wildman–Crippen MR) is 98.9 cm³/mol. The van der Waals surface area contributed by atoms with Crippen molar-refractivity contribution in [3.63, 3.8) is 0 Å². The Morgan fingerprint density at radius 2 is 1.56 bits per heavy atom. The fraction of sp³-hybridized carbons (Fsp3) is 0.579. The molecule has 0 aliphatic carbocycles. The summed E-state index contributed by atoms with van der Waals surface area (Å²) in [6.07, 6.45) is 1.73. The molecule has 2 rings (SSSR count). The van der Waals surface area contributed by atoms with Crippen molar-refractivity contribution in [1.82, 2.24) is 9.80 Å². The van der Waals surface area contributed by atoms with Gasteiger partial charge in [-0.3, -0.25) is 9.59 Å². The number of rotatable bonds is 6. The van der Waals surface area contributed by atoms with Crippen LogP contribution in [0.5, 0.6) is 5.75 Å². The van der Waals surface area contributed by atoms with Crippen LogP contribution in [0.25, 0.3) is 0 Å². The summed E-state index contributed by atoms with van der Waals surface area (Å²) in [7, 11) is 1.65. The fourth-order valence-corrected chi connectivity index (χ4v) is 3.09. The van der Waals surface area contributed by atoms with E-state index in [1.54, 1.807) is 16.9 Å². The summed E-state index contributed by atoms with van der Waals surface area (Å²) in [5.41, 5.74) is 1.11. The summed E-state index contributed by atoms with van der Waals surface area (Å²) in [4.78, 5) is 30.6. The second-order valence-corrected chi connectivity index (χ2v) is 6.27. The molecule has 1 aliphatic rings. The van der Waals surface area contributed by atoms with Crippen molar-refractivity contribution in [1.29, 1.82) is 0 Å². The number of methoxy groups -OCH3 is 1. The number of hydrogen-bond donors (Lipinski definition) is 0. The molecule has 0 aromatic heterocycles. The number of amides is 2. The minimum absolute atomic E-state index is 0.360. The number of nitrogens with zero attached hydrogens (tertiary/aromatic N) is 3. The number of piperazine rings is 1. The second-order valence-electron chi connectivity index (χ2n) is 6.27. The Morgan fingerprint density at radius 3 is 2.04 bits per heavy atom. The first-order valence-electron chi connectivity index (χ1n) is 9.07. The molecule has 6 nitrogen and oxygen atoms in total. The molecule has 0 radical (unpaired) electrons. The normalized spacial score (nSPS) is 14.4. The Balaban J connectivity index is 1.91. The molecule has 0 saturated carbocycles. The number of carbonyl (C=O) groups is 2. The molecule has 0 bridgehead atoms. The van der Waals surface area contributed by atoms with Crippen LogP contribution in [0, 0.1) is 0 Å². The molecule has 1 fully saturated rings. The molecule has 1 saturated heterocycles. The fourth-order valence-electron chi connectivity index (χ4n) is 3.09. The van der Waals surface area contributed by atoms with E-state index in [2.05, 4.69) is 4.90 Å². The van der Waals surface area contributed by atoms with Gasteiger partial charge in [0.05, 0.1) is 7.11 Å². The predicted octanol–water partition coefficient (Wildman–Crippen LogP) is 1.99. The molecule has 1 aliphatic heterocycles. The molecule has 0 unspecified atom stereocenters. The van der Waals surface area contributed by atoms with Crippen LogP contribution in [0.1, 0.15) is 26.7 Å². The average molecular weight is 347 g/mol. The quantitative estimate of drug-likeness (QED) is 0.739. The lowest BCUT2D eigenvalue weighted by Gasteiger charge is -2.36. The highest BCUT2D eigenvalue weighted by molar-refractivity contribution is 6.34. The maximum absolute atomic E-state index is 12.5. The molecule has 1 aromatic rings. The molecule has 25 heavy (non-hydrogen) atoms. The number of ether oxygens (including phenoxy) is 1. The van der Waals surface area contributed by atoms with Crippen molar-refractivity contribution in [3.05, 3.63) is 24.3 Å². The van der Waals surface area contributed by atoms with Crippen LogP contribution < -0.4 is 9.64 Å². The van der Waals surface area contributed by atoms with Crippen LogP contribution in [0.4, 0.5) is 5.69 Å². The average Bonchev–Trinajstić information content (AvgIpc) is 2.67. The molecule has 1 heterocycles. The van der Waals surface area contributed by atoms with E-state index < -0.39 is 0 Å². The summed E-state index contributed by atoms with van der Waals surface area (Å²) < 4.78 is 5.18. The Labute approximate surface area is 150 Å². The van der Waals surface area contributed by atoms with Gasteiger partial charge in [0.2, 0.25) is 0 Å². The monoisotopic (exact) mass is 347 g/mol. The molecule has 6 heteroatoms. The van der Waals surface area contributed by atoms with Gasteiger partial charge >= 0.3 is 11.8 Å². The van der Waals surface area contributed by atoms with Crippen molar-refractivity contribution >= 4 is 17.5 Å². The van der Waals surface area contributed by atoms with Crippen molar-refractivity contribution in [2.45, 2.75) is 26.7 Å². The van der Waals surface area contributed by atoms with Crippen molar-refractivity contribution in [2.75, 3.05) is 51.3 Å². The zero-order chi connectivity index (χ0) is 18.2. The molecule has 138 valence electrons. The van der Waals surface area contributed by atoms with Crippen LogP contribution in [0.3, 0.4) is 0 Å². The largest absolute Gasteiger partial charge is 0.497 e. The molecule has 0 N–H and O–H groups in total. The van der Waals surface area contributed by atoms with Crippen LogP contribution in [-0.4, -0.2) is 68.0 Å². The van der Waals surface area contributed by atoms with Crippen molar-refractivity contribution in [2.24, 2.45) is 0 Å². The Bertz CT molecular complexity index is 560. The third-order valence-electron chi connectivity index (χ3n) is 4.46. The van der Waals surface area contributed by atoms with Crippen molar-refractivity contribution in [3.8, 4) is 5.75 Å². The Morgan fingerprint density at radius 1 is 1.00 bits per heavy atom. The number of hydrogen-bond acceptors (Lipinski definition) is 4. The van der Waals surface area contributed by atoms with Gasteiger partial charge in [-0.25, -0.2) is 0 Å². The van der Waals surface area contributed by atoms with Gasteiger partial charge in [0.25, 0.3) is 0 Å². The number of anilines is 1. The highest BCUT2D eigenvalue weighted by atomic mass is 16.5. The van der Waals surface area contributed by atoms with Crippen LogP contribution in [-0.2, 0) is 9.59 Å². The Kier molecular flexibility index (Phi) is 7.10. The molecule has 0 atom stereocenters. The van der Waals surface area contributed by atoms with E-state index in [-0.39, 0.29) is 11.8 Å². The highest BCUT2D eigenvalue weighted by Gasteiger charge is 2.29. The first-order chi connectivity index (χ1) is 12.1. The number of benzene rings is 1. The van der Waals surface area contributed by atoms with Crippen molar-refractivity contribution < 1.29 is 14.3 Å². The maximum atomic E-state index is 12.5. The van der Waals surface area contributed by atoms with Crippen LogP contribution in [0.2, 0.25) is 0 Å². The van der Waals surface area contributed by atoms with Gasteiger partial charge in [-0.15, -0.1) is 0 Å². The van der Waals surface area contributed by atoms with Gasteiger partial charge in [0.15, 0.2) is 0 Å². The van der Waals surface area contributed by atoms with Gasteiger partial charge < -0.3 is 19.4 Å². The van der Waals surface area contributed by atoms with Gasteiger partial charge in [-0.1, -0.05) is 13.8 Å². The summed E-state index contributed by atoms with van der Waals surface area (Å²) in [6.45, 7) is 7.93. The first kappa shape index (κ1) is 19.1. The summed E-state index contributed by atoms with van der Waals surface area (Å²) in [5.74, 6) is 0.105. The standard InChI is InChI=1S/C19H29N3O3/c1-4-10-21(11-5-2)18(23)19(24)22-14-12-20(13-15-22)16-6-8-17(25-3)9-7-16/h6-9H,4-5,10-15H2,1-3H3. The lowest BCUT2D eigenvalue weighted by atomic mass is 10.2. The molecular formula is C19H29N3O3. The maximum Gasteiger partial charge on any atom is 0.312 e. The zero-order valence-corrected chi connectivity index (χ0v) is 15.5. The van der Waals surface area contributed by atoms with E-state index in [9.17, 15) is 9.59 Å².